The van der Waals surface area contributed by atoms with Crippen molar-refractivity contribution in [3.05, 3.63) is 54.1 Å². The molecule has 2 aliphatic rings. The normalized spacial score (nSPS) is 22.0. The maximum atomic E-state index is 13.2. The molecule has 11 heteroatoms. The average Bonchev–Trinajstić information content (AvgIpc) is 3.08. The summed E-state index contributed by atoms with van der Waals surface area (Å²) in [5.74, 6) is 0.887. The maximum absolute atomic E-state index is 13.2. The van der Waals surface area contributed by atoms with Crippen molar-refractivity contribution >= 4 is 22.0 Å². The van der Waals surface area contributed by atoms with Crippen molar-refractivity contribution in [2.24, 2.45) is 0 Å². The minimum atomic E-state index is -3.64. The van der Waals surface area contributed by atoms with E-state index in [1.807, 2.05) is 4.90 Å². The quantitative estimate of drug-likeness (QED) is 0.588. The van der Waals surface area contributed by atoms with Crippen molar-refractivity contribution in [1.29, 1.82) is 0 Å². The molecule has 2 aromatic rings. The maximum Gasteiger partial charge on any atom is 0.326 e. The van der Waals surface area contributed by atoms with Crippen molar-refractivity contribution in [3.63, 3.8) is 0 Å². The number of carbonyl (C=O) groups excluding carboxylic acids is 2. The van der Waals surface area contributed by atoms with E-state index in [1.165, 1.54) is 28.4 Å². The van der Waals surface area contributed by atoms with Crippen LogP contribution < -0.4 is 14.8 Å². The molecule has 0 bridgehead atoms. The number of carbonyl (C=O) groups is 2. The zero-order valence-corrected chi connectivity index (χ0v) is 20.2. The molecule has 0 saturated carbocycles. The van der Waals surface area contributed by atoms with Gasteiger partial charge in [0.25, 0.3) is 5.91 Å². The third kappa shape index (κ3) is 4.33. The molecule has 2 saturated heterocycles. The fourth-order valence-corrected chi connectivity index (χ4v) is 5.58. The monoisotopic (exact) mass is 488 g/mol. The standard InChI is InChI=1S/C23H28N4O6S/c1-23(17-4-6-18(32-2)7-5-17)21(28)27(22(29)24-23)16-25-12-14-26(15-13-25)34(30,31)20-10-8-19(33-3)9-11-20/h4-11H,12-16H2,1-3H3,(H,24,29). The van der Waals surface area contributed by atoms with Gasteiger partial charge in [-0.15, -0.1) is 0 Å². The third-order valence-electron chi connectivity index (χ3n) is 6.31. The lowest BCUT2D eigenvalue weighted by Crippen LogP contribution is -2.52. The van der Waals surface area contributed by atoms with E-state index in [0.717, 1.165) is 0 Å². The van der Waals surface area contributed by atoms with Crippen molar-refractivity contribution < 1.29 is 27.5 Å². The number of imide groups is 1. The van der Waals surface area contributed by atoms with Crippen molar-refractivity contribution in [2.75, 3.05) is 47.1 Å². The molecular formula is C23H28N4O6S. The van der Waals surface area contributed by atoms with Gasteiger partial charge in [0.2, 0.25) is 10.0 Å². The molecule has 2 aliphatic heterocycles. The highest BCUT2D eigenvalue weighted by Gasteiger charge is 2.49. The Bertz CT molecular complexity index is 1160. The SMILES string of the molecule is COc1ccc(C2(C)NC(=O)N(CN3CCN(S(=O)(=O)c4ccc(OC)cc4)CC3)C2=O)cc1. The fraction of sp³-hybridized carbons (Fsp3) is 0.391. The smallest absolute Gasteiger partial charge is 0.326 e. The third-order valence-corrected chi connectivity index (χ3v) is 8.23. The van der Waals surface area contributed by atoms with Crippen LogP contribution in [0.2, 0.25) is 0 Å². The Hall–Kier alpha value is -3.15. The molecule has 2 fully saturated rings. The highest BCUT2D eigenvalue weighted by atomic mass is 32.2. The number of hydrogen-bond donors (Lipinski definition) is 1. The van der Waals surface area contributed by atoms with Gasteiger partial charge in [-0.2, -0.15) is 4.31 Å². The Balaban J connectivity index is 1.39. The first-order valence-electron chi connectivity index (χ1n) is 10.8. The molecule has 10 nitrogen and oxygen atoms in total. The molecule has 1 N–H and O–H groups in total. The van der Waals surface area contributed by atoms with Crippen molar-refractivity contribution in [3.8, 4) is 11.5 Å². The van der Waals surface area contributed by atoms with Crippen LogP contribution >= 0.6 is 0 Å². The first-order chi connectivity index (χ1) is 16.2. The van der Waals surface area contributed by atoms with Gasteiger partial charge in [-0.1, -0.05) is 12.1 Å². The number of piperazine rings is 1. The Morgan fingerprint density at radius 3 is 1.94 bits per heavy atom. The van der Waals surface area contributed by atoms with Gasteiger partial charge >= 0.3 is 6.03 Å². The predicted molar refractivity (Wildman–Crippen MR) is 124 cm³/mol. The molecule has 3 amide bonds. The summed E-state index contributed by atoms with van der Waals surface area (Å²) in [5.41, 5.74) is -0.521. The number of amides is 3. The van der Waals surface area contributed by atoms with Gasteiger partial charge < -0.3 is 14.8 Å². The van der Waals surface area contributed by atoms with Crippen molar-refractivity contribution in [1.82, 2.24) is 19.4 Å². The van der Waals surface area contributed by atoms with Gasteiger partial charge in [0.05, 0.1) is 25.8 Å². The van der Waals surface area contributed by atoms with Crippen LogP contribution in [0, 0.1) is 0 Å². The molecule has 2 heterocycles. The van der Waals surface area contributed by atoms with Crippen LogP contribution in [0.1, 0.15) is 12.5 Å². The summed E-state index contributed by atoms with van der Waals surface area (Å²) in [5, 5.41) is 2.79. The van der Waals surface area contributed by atoms with Gasteiger partial charge in [-0.3, -0.25) is 9.69 Å². The molecule has 0 aromatic heterocycles. The van der Waals surface area contributed by atoms with Crippen LogP contribution in [0.5, 0.6) is 11.5 Å². The summed E-state index contributed by atoms with van der Waals surface area (Å²) in [7, 11) is -0.559. The van der Waals surface area contributed by atoms with E-state index in [2.05, 4.69) is 5.32 Å². The molecule has 0 spiro atoms. The molecule has 34 heavy (non-hydrogen) atoms. The molecule has 1 atom stereocenters. The zero-order valence-electron chi connectivity index (χ0n) is 19.4. The number of sulfonamides is 1. The highest BCUT2D eigenvalue weighted by molar-refractivity contribution is 7.89. The lowest BCUT2D eigenvalue weighted by molar-refractivity contribution is -0.132. The minimum Gasteiger partial charge on any atom is -0.497 e. The number of rotatable bonds is 7. The first kappa shape index (κ1) is 24.0. The van der Waals surface area contributed by atoms with Crippen molar-refractivity contribution in [2.45, 2.75) is 17.4 Å². The Labute approximate surface area is 199 Å². The van der Waals surface area contributed by atoms with E-state index in [-0.39, 0.29) is 30.6 Å². The highest BCUT2D eigenvalue weighted by Crippen LogP contribution is 2.30. The molecule has 182 valence electrons. The van der Waals surface area contributed by atoms with E-state index >= 15 is 0 Å². The molecule has 1 unspecified atom stereocenters. The summed E-state index contributed by atoms with van der Waals surface area (Å²) in [6.07, 6.45) is 0. The largest absolute Gasteiger partial charge is 0.497 e. The minimum absolute atomic E-state index is 0.0901. The summed E-state index contributed by atoms with van der Waals surface area (Å²) < 4.78 is 37.6. The van der Waals surface area contributed by atoms with Crippen LogP contribution in [-0.4, -0.2) is 81.5 Å². The average molecular weight is 489 g/mol. The van der Waals surface area contributed by atoms with E-state index in [0.29, 0.717) is 30.2 Å². The second kappa shape index (κ2) is 9.24. The summed E-state index contributed by atoms with van der Waals surface area (Å²) in [6, 6.07) is 12.8. The molecule has 0 aliphatic carbocycles. The second-order valence-corrected chi connectivity index (χ2v) is 10.3. The number of hydrogen-bond acceptors (Lipinski definition) is 7. The van der Waals surface area contributed by atoms with E-state index in [4.69, 9.17) is 9.47 Å². The van der Waals surface area contributed by atoms with Gasteiger partial charge in [-0.25, -0.2) is 18.1 Å². The predicted octanol–water partition coefficient (Wildman–Crippen LogP) is 1.43. The van der Waals surface area contributed by atoms with E-state index in [1.54, 1.807) is 50.4 Å². The van der Waals surface area contributed by atoms with E-state index in [9.17, 15) is 18.0 Å². The topological polar surface area (TPSA) is 108 Å². The lowest BCUT2D eigenvalue weighted by Gasteiger charge is -2.35. The number of ether oxygens (including phenoxy) is 2. The van der Waals surface area contributed by atoms with Gasteiger partial charge in [0.1, 0.15) is 17.0 Å². The Morgan fingerprint density at radius 1 is 0.882 bits per heavy atom. The summed E-state index contributed by atoms with van der Waals surface area (Å²) in [6.45, 7) is 3.07. The number of methoxy groups -OCH3 is 2. The summed E-state index contributed by atoms with van der Waals surface area (Å²) >= 11 is 0. The molecule has 4 rings (SSSR count). The van der Waals surface area contributed by atoms with Gasteiger partial charge in [0.15, 0.2) is 0 Å². The lowest BCUT2D eigenvalue weighted by atomic mass is 9.92. The first-order valence-corrected chi connectivity index (χ1v) is 12.3. The van der Waals surface area contributed by atoms with Crippen LogP contribution in [0.25, 0.3) is 0 Å². The number of nitrogens with zero attached hydrogens (tertiary/aromatic N) is 3. The van der Waals surface area contributed by atoms with Crippen LogP contribution in [-0.2, 0) is 20.4 Å². The Kier molecular flexibility index (Phi) is 6.52. The van der Waals surface area contributed by atoms with E-state index < -0.39 is 21.6 Å². The van der Waals surface area contributed by atoms with Crippen LogP contribution in [0.3, 0.4) is 0 Å². The fourth-order valence-electron chi connectivity index (χ4n) is 4.15. The summed E-state index contributed by atoms with van der Waals surface area (Å²) in [4.78, 5) is 29.1. The molecular weight excluding hydrogens is 460 g/mol. The Morgan fingerprint density at radius 2 is 1.41 bits per heavy atom. The molecule has 0 radical (unpaired) electrons. The molecule has 2 aromatic carbocycles. The van der Waals surface area contributed by atoms with Crippen LogP contribution in [0.4, 0.5) is 4.79 Å². The number of benzene rings is 2. The van der Waals surface area contributed by atoms with Crippen LogP contribution in [0.15, 0.2) is 53.4 Å². The number of nitrogens with one attached hydrogen (secondary N) is 1. The number of urea groups is 1. The second-order valence-electron chi connectivity index (χ2n) is 8.36. The van der Waals surface area contributed by atoms with Gasteiger partial charge in [0, 0.05) is 26.2 Å². The zero-order chi connectivity index (χ0) is 24.5. The van der Waals surface area contributed by atoms with Gasteiger partial charge in [-0.05, 0) is 48.9 Å².